The number of rotatable bonds is 6. The monoisotopic (exact) mass is 283 g/mol. The molecule has 1 aliphatic rings. The van der Waals surface area contributed by atoms with Crippen LogP contribution in [0.4, 0.5) is 0 Å². The molecule has 1 aromatic rings. The molecule has 0 bridgehead atoms. The fraction of sp³-hybridized carbons (Fsp3) is 0.600. The van der Waals surface area contributed by atoms with Gasteiger partial charge in [-0.1, -0.05) is 18.2 Å². The number of hydrogen-bond acceptors (Lipinski definition) is 3. The summed E-state index contributed by atoms with van der Waals surface area (Å²) in [5, 5.41) is 0. The maximum Gasteiger partial charge on any atom is 0.119 e. The van der Waals surface area contributed by atoms with Gasteiger partial charge in [0.1, 0.15) is 5.75 Å². The third-order valence-corrected chi connectivity index (χ3v) is 3.75. The van der Waals surface area contributed by atoms with Crippen molar-refractivity contribution in [1.82, 2.24) is 4.90 Å². The van der Waals surface area contributed by atoms with Gasteiger partial charge in [0, 0.05) is 25.0 Å². The highest BCUT2D eigenvalue weighted by Crippen LogP contribution is 2.14. The molecule has 2 unspecified atom stereocenters. The second-order valence-corrected chi connectivity index (χ2v) is 5.28. The second-order valence-electron chi connectivity index (χ2n) is 4.97. The Morgan fingerprint density at radius 1 is 1.37 bits per heavy atom. The van der Waals surface area contributed by atoms with Crippen molar-refractivity contribution in [3.63, 3.8) is 0 Å². The predicted octanol–water partition coefficient (Wildman–Crippen LogP) is 2.78. The normalized spacial score (nSPS) is 24.3. The lowest BCUT2D eigenvalue weighted by Gasteiger charge is -2.37. The number of morpholine rings is 1. The zero-order valence-corrected chi connectivity index (χ0v) is 12.2. The summed E-state index contributed by atoms with van der Waals surface area (Å²) in [5.74, 6) is 1.51. The quantitative estimate of drug-likeness (QED) is 0.592. The van der Waals surface area contributed by atoms with Crippen molar-refractivity contribution in [2.45, 2.75) is 25.5 Å². The lowest BCUT2D eigenvalue weighted by Crippen LogP contribution is -2.49. The smallest absolute Gasteiger partial charge is 0.119 e. The third kappa shape index (κ3) is 4.68. The van der Waals surface area contributed by atoms with Crippen molar-refractivity contribution in [1.29, 1.82) is 0 Å². The van der Waals surface area contributed by atoms with Crippen LogP contribution in [0.2, 0.25) is 0 Å². The molecule has 0 N–H and O–H groups in total. The minimum absolute atomic E-state index is 0.174. The van der Waals surface area contributed by atoms with E-state index in [4.69, 9.17) is 21.1 Å². The Bertz CT molecular complexity index is 360. The van der Waals surface area contributed by atoms with E-state index in [1.807, 2.05) is 30.3 Å². The number of benzene rings is 1. The molecule has 106 valence electrons. The number of ether oxygens (including phenoxy) is 2. The van der Waals surface area contributed by atoms with Crippen LogP contribution in [-0.4, -0.2) is 49.2 Å². The summed E-state index contributed by atoms with van der Waals surface area (Å²) < 4.78 is 11.3. The largest absolute Gasteiger partial charge is 0.494 e. The standard InChI is InChI=1S/C15H22ClNO2/c1-13-12-19-15(10-16)11-17(13)8-5-9-18-14-6-3-2-4-7-14/h2-4,6-7,13,15H,5,8-12H2,1H3. The number of alkyl halides is 1. The maximum absolute atomic E-state index is 5.86. The van der Waals surface area contributed by atoms with Crippen molar-refractivity contribution >= 4 is 11.6 Å². The second kappa shape index (κ2) is 7.73. The molecule has 0 spiro atoms. The van der Waals surface area contributed by atoms with Gasteiger partial charge in [-0.15, -0.1) is 11.6 Å². The molecule has 0 radical (unpaired) electrons. The molecule has 2 atom stereocenters. The Balaban J connectivity index is 1.67. The van der Waals surface area contributed by atoms with E-state index in [0.29, 0.717) is 11.9 Å². The Morgan fingerprint density at radius 2 is 2.16 bits per heavy atom. The van der Waals surface area contributed by atoms with E-state index >= 15 is 0 Å². The topological polar surface area (TPSA) is 21.7 Å². The Kier molecular flexibility index (Phi) is 5.95. The molecule has 1 saturated heterocycles. The van der Waals surface area contributed by atoms with Gasteiger partial charge in [0.15, 0.2) is 0 Å². The minimum atomic E-state index is 0.174. The van der Waals surface area contributed by atoms with Crippen LogP contribution in [0, 0.1) is 0 Å². The molecule has 1 aromatic carbocycles. The summed E-state index contributed by atoms with van der Waals surface area (Å²) in [5.41, 5.74) is 0. The van der Waals surface area contributed by atoms with Crippen LogP contribution in [-0.2, 0) is 4.74 Å². The summed E-state index contributed by atoms with van der Waals surface area (Å²) >= 11 is 5.86. The molecule has 1 fully saturated rings. The van der Waals surface area contributed by atoms with Crippen molar-refractivity contribution in [2.24, 2.45) is 0 Å². The molecule has 0 amide bonds. The van der Waals surface area contributed by atoms with E-state index in [1.165, 1.54) is 0 Å². The number of hydrogen-bond donors (Lipinski definition) is 0. The molecule has 0 aromatic heterocycles. The average Bonchev–Trinajstić information content (AvgIpc) is 2.46. The Labute approximate surface area is 120 Å². The van der Waals surface area contributed by atoms with E-state index in [0.717, 1.165) is 38.5 Å². The van der Waals surface area contributed by atoms with Crippen LogP contribution < -0.4 is 4.74 Å². The van der Waals surface area contributed by atoms with Gasteiger partial charge < -0.3 is 9.47 Å². The molecule has 2 rings (SSSR count). The van der Waals surface area contributed by atoms with Gasteiger partial charge in [-0.25, -0.2) is 0 Å². The highest BCUT2D eigenvalue weighted by atomic mass is 35.5. The van der Waals surface area contributed by atoms with Crippen LogP contribution in [0.5, 0.6) is 5.75 Å². The fourth-order valence-corrected chi connectivity index (χ4v) is 2.44. The number of nitrogens with zero attached hydrogens (tertiary/aromatic N) is 1. The van der Waals surface area contributed by atoms with Crippen LogP contribution in [0.3, 0.4) is 0 Å². The van der Waals surface area contributed by atoms with Crippen LogP contribution >= 0.6 is 11.6 Å². The van der Waals surface area contributed by atoms with Gasteiger partial charge >= 0.3 is 0 Å². The van der Waals surface area contributed by atoms with E-state index in [2.05, 4.69) is 11.8 Å². The highest BCUT2D eigenvalue weighted by Gasteiger charge is 2.24. The minimum Gasteiger partial charge on any atom is -0.494 e. The Hall–Kier alpha value is -0.770. The van der Waals surface area contributed by atoms with Crippen molar-refractivity contribution in [3.8, 4) is 5.75 Å². The van der Waals surface area contributed by atoms with Gasteiger partial charge in [0.2, 0.25) is 0 Å². The van der Waals surface area contributed by atoms with Crippen LogP contribution in [0.1, 0.15) is 13.3 Å². The summed E-state index contributed by atoms with van der Waals surface area (Å²) in [6, 6.07) is 10.4. The van der Waals surface area contributed by atoms with E-state index in [-0.39, 0.29) is 6.10 Å². The molecule has 1 heterocycles. The number of halogens is 1. The lowest BCUT2D eigenvalue weighted by molar-refractivity contribution is -0.0486. The SMILES string of the molecule is CC1COC(CCl)CN1CCCOc1ccccc1. The Morgan fingerprint density at radius 3 is 2.89 bits per heavy atom. The first kappa shape index (κ1) is 14.6. The predicted molar refractivity (Wildman–Crippen MR) is 78.0 cm³/mol. The van der Waals surface area contributed by atoms with Crippen LogP contribution in [0.25, 0.3) is 0 Å². The first-order valence-electron chi connectivity index (χ1n) is 6.89. The summed E-state index contributed by atoms with van der Waals surface area (Å²) in [6.07, 6.45) is 1.20. The maximum atomic E-state index is 5.86. The van der Waals surface area contributed by atoms with E-state index in [1.54, 1.807) is 0 Å². The van der Waals surface area contributed by atoms with Gasteiger partial charge in [-0.2, -0.15) is 0 Å². The van der Waals surface area contributed by atoms with Crippen molar-refractivity contribution in [2.75, 3.05) is 32.2 Å². The molecule has 4 heteroatoms. The van der Waals surface area contributed by atoms with Gasteiger partial charge in [0.05, 0.1) is 19.3 Å². The van der Waals surface area contributed by atoms with Crippen LogP contribution in [0.15, 0.2) is 30.3 Å². The van der Waals surface area contributed by atoms with Gasteiger partial charge in [-0.3, -0.25) is 4.90 Å². The van der Waals surface area contributed by atoms with E-state index < -0.39 is 0 Å². The summed E-state index contributed by atoms with van der Waals surface area (Å²) in [7, 11) is 0. The zero-order valence-electron chi connectivity index (χ0n) is 11.4. The molecular formula is C15H22ClNO2. The molecular weight excluding hydrogens is 262 g/mol. The molecule has 0 aliphatic carbocycles. The summed E-state index contributed by atoms with van der Waals surface area (Å²) in [4.78, 5) is 2.44. The third-order valence-electron chi connectivity index (χ3n) is 3.41. The lowest BCUT2D eigenvalue weighted by atomic mass is 10.2. The van der Waals surface area contributed by atoms with Gasteiger partial charge in [0.25, 0.3) is 0 Å². The number of para-hydroxylation sites is 1. The molecule has 0 saturated carbocycles. The zero-order chi connectivity index (χ0) is 13.5. The van der Waals surface area contributed by atoms with Gasteiger partial charge in [-0.05, 0) is 25.5 Å². The average molecular weight is 284 g/mol. The first-order chi connectivity index (χ1) is 9.29. The summed E-state index contributed by atoms with van der Waals surface area (Å²) in [6.45, 7) is 5.68. The van der Waals surface area contributed by atoms with Crippen molar-refractivity contribution < 1.29 is 9.47 Å². The molecule has 1 aliphatic heterocycles. The van der Waals surface area contributed by atoms with Crippen molar-refractivity contribution in [3.05, 3.63) is 30.3 Å². The molecule has 3 nitrogen and oxygen atoms in total. The fourth-order valence-electron chi connectivity index (χ4n) is 2.25. The first-order valence-corrected chi connectivity index (χ1v) is 7.42. The molecule has 19 heavy (non-hydrogen) atoms. The van der Waals surface area contributed by atoms with E-state index in [9.17, 15) is 0 Å². The highest BCUT2D eigenvalue weighted by molar-refractivity contribution is 6.18.